The van der Waals surface area contributed by atoms with Gasteiger partial charge in [-0.05, 0) is 54.3 Å². The van der Waals surface area contributed by atoms with Crippen molar-refractivity contribution >= 4 is 46.3 Å². The molecule has 0 radical (unpaired) electrons. The summed E-state index contributed by atoms with van der Waals surface area (Å²) in [7, 11) is 0. The van der Waals surface area contributed by atoms with Crippen molar-refractivity contribution in [2.45, 2.75) is 34.1 Å². The first-order chi connectivity index (χ1) is 10.2. The molecule has 1 aromatic heterocycles. The highest BCUT2D eigenvalue weighted by Crippen LogP contribution is 2.36. The van der Waals surface area contributed by atoms with E-state index < -0.39 is 0 Å². The first kappa shape index (κ1) is 18.0. The van der Waals surface area contributed by atoms with Gasteiger partial charge in [0, 0.05) is 9.58 Å². The molecule has 0 bridgehead atoms. The van der Waals surface area contributed by atoms with E-state index in [-0.39, 0.29) is 0 Å². The topological polar surface area (TPSA) is 23.9 Å². The van der Waals surface area contributed by atoms with Crippen LogP contribution in [0.5, 0.6) is 0 Å². The first-order valence-corrected chi connectivity index (χ1v) is 8.90. The van der Waals surface area contributed by atoms with Crippen molar-refractivity contribution in [3.63, 3.8) is 0 Å². The van der Waals surface area contributed by atoms with Crippen molar-refractivity contribution < 1.29 is 0 Å². The van der Waals surface area contributed by atoms with Gasteiger partial charge in [0.05, 0.1) is 0 Å². The summed E-state index contributed by atoms with van der Waals surface area (Å²) in [5.41, 5.74) is 2.89. The Hall–Kier alpha value is -1.06. The summed E-state index contributed by atoms with van der Waals surface area (Å²) >= 11 is 5.85. The van der Waals surface area contributed by atoms with Crippen LogP contribution in [-0.4, -0.2) is 12.0 Å². The Kier molecular flexibility index (Phi) is 7.76. The second-order valence-electron chi connectivity index (χ2n) is 4.88. The van der Waals surface area contributed by atoms with Crippen LogP contribution < -0.4 is 0 Å². The molecule has 1 aromatic carbocycles. The number of allylic oxidation sites excluding steroid dienone is 1. The lowest BCUT2D eigenvalue weighted by Gasteiger charge is -1.94. The average Bonchev–Trinajstić information content (AvgIpc) is 3.10. The highest BCUT2D eigenvalue weighted by Gasteiger charge is 2.12. The fourth-order valence-corrected chi connectivity index (χ4v) is 3.21. The van der Waals surface area contributed by atoms with Crippen LogP contribution in [0, 0.1) is 18.3 Å². The highest BCUT2D eigenvalue weighted by atomic mass is 32.1. The molecule has 1 heterocycles. The van der Waals surface area contributed by atoms with E-state index in [0.29, 0.717) is 5.92 Å². The van der Waals surface area contributed by atoms with Gasteiger partial charge in [-0.1, -0.05) is 44.5 Å². The average molecular weight is 320 g/mol. The molecule has 1 unspecified atom stereocenters. The normalized spacial score (nSPS) is 12.8. The molecule has 0 spiro atoms. The Morgan fingerprint density at radius 2 is 2.10 bits per heavy atom. The quantitative estimate of drug-likeness (QED) is 0.500. The molecule has 0 aliphatic heterocycles. The second kappa shape index (κ2) is 9.06. The number of fused-ring (bicyclic) bond motifs is 3. The van der Waals surface area contributed by atoms with Crippen LogP contribution in [0.3, 0.4) is 0 Å². The van der Waals surface area contributed by atoms with Gasteiger partial charge in [-0.2, -0.15) is 12.6 Å². The Bertz CT molecular complexity index is 611. The van der Waals surface area contributed by atoms with Gasteiger partial charge in [0.15, 0.2) is 0 Å². The molecule has 3 rings (SSSR count). The van der Waals surface area contributed by atoms with E-state index in [1.54, 1.807) is 0 Å². The molecule has 1 atom stereocenters. The predicted octanol–water partition coefficient (Wildman–Crippen LogP) is 6.01. The number of aryl methyl sites for hydroxylation is 1. The molecular formula is C18H25NS2. The van der Waals surface area contributed by atoms with Crippen LogP contribution in [0.1, 0.15) is 36.8 Å². The number of nitrogens with one attached hydrogen (secondary N) is 1. The van der Waals surface area contributed by atoms with Crippen LogP contribution in [0.25, 0.3) is 16.2 Å². The van der Waals surface area contributed by atoms with Crippen molar-refractivity contribution in [3.8, 4) is 0 Å². The Labute approximate surface area is 138 Å². The van der Waals surface area contributed by atoms with E-state index in [0.717, 1.165) is 12.2 Å². The molecule has 0 amide bonds. The number of rotatable bonds is 2. The molecule has 0 saturated carbocycles. The first-order valence-electron chi connectivity index (χ1n) is 7.45. The van der Waals surface area contributed by atoms with Gasteiger partial charge in [0.2, 0.25) is 0 Å². The van der Waals surface area contributed by atoms with Gasteiger partial charge in [-0.15, -0.1) is 11.3 Å². The SMILES string of the molecule is CC.CC(C=N)CS.Cc1ccc2sc3c(c2c1)CC=C3. The van der Waals surface area contributed by atoms with Crippen molar-refractivity contribution in [2.24, 2.45) is 5.92 Å². The van der Waals surface area contributed by atoms with E-state index in [4.69, 9.17) is 5.41 Å². The largest absolute Gasteiger partial charge is 0.313 e. The fourth-order valence-electron chi connectivity index (χ4n) is 1.96. The van der Waals surface area contributed by atoms with Gasteiger partial charge in [0.1, 0.15) is 0 Å². The Morgan fingerprint density at radius 1 is 1.38 bits per heavy atom. The summed E-state index contributed by atoms with van der Waals surface area (Å²) in [5, 5.41) is 8.10. The smallest absolute Gasteiger partial charge is 0.0352 e. The monoisotopic (exact) mass is 319 g/mol. The van der Waals surface area contributed by atoms with E-state index >= 15 is 0 Å². The summed E-state index contributed by atoms with van der Waals surface area (Å²) < 4.78 is 1.43. The Morgan fingerprint density at radius 3 is 2.67 bits per heavy atom. The van der Waals surface area contributed by atoms with Crippen LogP contribution >= 0.6 is 24.0 Å². The third-order valence-corrected chi connectivity index (χ3v) is 4.90. The number of thiol groups is 1. The van der Waals surface area contributed by atoms with Crippen LogP contribution in [0.15, 0.2) is 24.3 Å². The van der Waals surface area contributed by atoms with Gasteiger partial charge in [-0.25, -0.2) is 0 Å². The number of hydrogen-bond donors (Lipinski definition) is 2. The number of benzene rings is 1. The second-order valence-corrected chi connectivity index (χ2v) is 6.33. The van der Waals surface area contributed by atoms with Crippen molar-refractivity contribution in [1.82, 2.24) is 0 Å². The molecule has 3 heteroatoms. The van der Waals surface area contributed by atoms with Crippen LogP contribution in [0.2, 0.25) is 0 Å². The van der Waals surface area contributed by atoms with Gasteiger partial charge >= 0.3 is 0 Å². The van der Waals surface area contributed by atoms with Crippen molar-refractivity contribution in [1.29, 1.82) is 5.41 Å². The Balaban J connectivity index is 0.000000237. The maximum Gasteiger partial charge on any atom is 0.0352 e. The minimum atomic E-state index is 0.341. The molecule has 1 aliphatic rings. The van der Waals surface area contributed by atoms with E-state index in [1.807, 2.05) is 32.1 Å². The number of hydrogen-bond acceptors (Lipinski definition) is 3. The summed E-state index contributed by atoms with van der Waals surface area (Å²) in [6.45, 7) is 8.12. The lowest BCUT2D eigenvalue weighted by atomic mass is 10.1. The summed E-state index contributed by atoms with van der Waals surface area (Å²) in [5.74, 6) is 1.12. The molecule has 0 saturated heterocycles. The highest BCUT2D eigenvalue weighted by molar-refractivity contribution is 7.80. The lowest BCUT2D eigenvalue weighted by molar-refractivity contribution is 0.921. The third-order valence-electron chi connectivity index (χ3n) is 3.14. The fraction of sp³-hybridized carbons (Fsp3) is 0.389. The summed E-state index contributed by atoms with van der Waals surface area (Å²) in [6.07, 6.45) is 7.02. The standard InChI is InChI=1S/C12H10S.C4H9NS.C2H6/c1-8-5-6-12-10(7-8)9-3-2-4-11(9)13-12;1-4(2-5)3-6;1-2/h2,4-7H,3H2,1H3;2,4-6H,3H2,1H3;1-2H3. The maximum atomic E-state index is 6.63. The lowest BCUT2D eigenvalue weighted by Crippen LogP contribution is -1.93. The minimum Gasteiger partial charge on any atom is -0.313 e. The minimum absolute atomic E-state index is 0.341. The molecule has 21 heavy (non-hydrogen) atoms. The zero-order valence-electron chi connectivity index (χ0n) is 13.3. The van der Waals surface area contributed by atoms with Crippen LogP contribution in [-0.2, 0) is 6.42 Å². The molecule has 1 N–H and O–H groups in total. The van der Waals surface area contributed by atoms with Gasteiger partial charge in [-0.3, -0.25) is 0 Å². The molecule has 1 aliphatic carbocycles. The maximum absolute atomic E-state index is 6.63. The third kappa shape index (κ3) is 4.72. The van der Waals surface area contributed by atoms with E-state index in [1.165, 1.54) is 32.3 Å². The number of thiophene rings is 1. The molecule has 2 aromatic rings. The molecule has 1 nitrogen and oxygen atoms in total. The summed E-state index contributed by atoms with van der Waals surface area (Å²) in [4.78, 5) is 1.46. The zero-order valence-corrected chi connectivity index (χ0v) is 15.0. The predicted molar refractivity (Wildman–Crippen MR) is 102 cm³/mol. The summed E-state index contributed by atoms with van der Waals surface area (Å²) in [6, 6.07) is 6.73. The van der Waals surface area contributed by atoms with Crippen molar-refractivity contribution in [3.05, 3.63) is 40.3 Å². The molecule has 114 valence electrons. The van der Waals surface area contributed by atoms with E-state index in [2.05, 4.69) is 49.9 Å². The van der Waals surface area contributed by atoms with Crippen molar-refractivity contribution in [2.75, 3.05) is 5.75 Å². The van der Waals surface area contributed by atoms with Crippen LogP contribution in [0.4, 0.5) is 0 Å². The molecular weight excluding hydrogens is 294 g/mol. The van der Waals surface area contributed by atoms with E-state index in [9.17, 15) is 0 Å². The van der Waals surface area contributed by atoms with Gasteiger partial charge < -0.3 is 5.41 Å². The zero-order chi connectivity index (χ0) is 15.8. The molecule has 0 fully saturated rings. The van der Waals surface area contributed by atoms with Gasteiger partial charge in [0.25, 0.3) is 0 Å².